The molecule has 1 atom stereocenters. The number of carbonyl (C=O) groups excluding carboxylic acids is 1. The van der Waals surface area contributed by atoms with E-state index in [4.69, 9.17) is 9.84 Å². The summed E-state index contributed by atoms with van der Waals surface area (Å²) in [6, 6.07) is 0. The molecule has 1 heterocycles. The van der Waals surface area contributed by atoms with Crippen LogP contribution in [0.3, 0.4) is 0 Å². The Balaban J connectivity index is 2.74. The highest BCUT2D eigenvalue weighted by Crippen LogP contribution is 2.10. The van der Waals surface area contributed by atoms with Crippen LogP contribution in [0.2, 0.25) is 0 Å². The highest BCUT2D eigenvalue weighted by atomic mass is 32.2. The van der Waals surface area contributed by atoms with E-state index in [0.717, 1.165) is 10.6 Å². The Morgan fingerprint density at radius 2 is 1.92 bits per heavy atom. The third-order valence-electron chi connectivity index (χ3n) is 3.46. The average molecular weight is 386 g/mol. The first kappa shape index (κ1) is 20.8. The molecule has 1 amide bonds. The van der Waals surface area contributed by atoms with E-state index >= 15 is 0 Å². The normalized spacial score (nSPS) is 19.5. The van der Waals surface area contributed by atoms with Crippen molar-refractivity contribution < 1.29 is 36.3 Å². The Morgan fingerprint density at radius 3 is 2.42 bits per heavy atom. The van der Waals surface area contributed by atoms with Crippen molar-refractivity contribution in [3.8, 4) is 0 Å². The number of morpholine rings is 1. The zero-order valence-corrected chi connectivity index (χ0v) is 15.2. The summed E-state index contributed by atoms with van der Waals surface area (Å²) in [6.07, 6.45) is 0.163. The molecule has 1 unspecified atom stereocenters. The standard InChI is InChI=1S/C12H22N2O8S2/c1-3-24(20,21)9-11(15)13-4-5-22-10(6-13)7-14(8-12(16)17)23(2,18)19/h10H,3-9H2,1-2H3,(H,16,17). The molecule has 140 valence electrons. The van der Waals surface area contributed by atoms with Gasteiger partial charge in [0.2, 0.25) is 15.9 Å². The van der Waals surface area contributed by atoms with Crippen molar-refractivity contribution in [1.29, 1.82) is 0 Å². The highest BCUT2D eigenvalue weighted by molar-refractivity contribution is 7.92. The smallest absolute Gasteiger partial charge is 0.318 e. The number of carbonyl (C=O) groups is 2. The molecule has 0 radical (unpaired) electrons. The molecule has 1 saturated heterocycles. The Morgan fingerprint density at radius 1 is 1.29 bits per heavy atom. The predicted molar refractivity (Wildman–Crippen MR) is 84.7 cm³/mol. The van der Waals surface area contributed by atoms with E-state index in [0.29, 0.717) is 0 Å². The molecular weight excluding hydrogens is 364 g/mol. The number of carboxylic acid groups (broad SMARTS) is 1. The fourth-order valence-corrected chi connectivity index (χ4v) is 3.68. The van der Waals surface area contributed by atoms with Crippen LogP contribution < -0.4 is 0 Å². The van der Waals surface area contributed by atoms with E-state index in [1.165, 1.54) is 11.8 Å². The van der Waals surface area contributed by atoms with Crippen LogP contribution in [0.1, 0.15) is 6.92 Å². The van der Waals surface area contributed by atoms with Crippen molar-refractivity contribution >= 4 is 31.7 Å². The van der Waals surface area contributed by atoms with Crippen LogP contribution in [0.15, 0.2) is 0 Å². The van der Waals surface area contributed by atoms with E-state index in [2.05, 4.69) is 0 Å². The second kappa shape index (κ2) is 8.23. The first-order valence-electron chi connectivity index (χ1n) is 7.21. The fraction of sp³-hybridized carbons (Fsp3) is 0.833. The van der Waals surface area contributed by atoms with Crippen LogP contribution in [0.25, 0.3) is 0 Å². The quantitative estimate of drug-likeness (QED) is 0.505. The van der Waals surface area contributed by atoms with Crippen molar-refractivity contribution in [2.45, 2.75) is 13.0 Å². The van der Waals surface area contributed by atoms with E-state index in [-0.39, 0.29) is 32.0 Å². The van der Waals surface area contributed by atoms with Gasteiger partial charge in [-0.25, -0.2) is 16.8 Å². The second-order valence-corrected chi connectivity index (χ2v) is 9.79. The Kier molecular flexibility index (Phi) is 7.13. The van der Waals surface area contributed by atoms with Crippen LogP contribution in [-0.2, 0) is 34.2 Å². The average Bonchev–Trinajstić information content (AvgIpc) is 2.45. The summed E-state index contributed by atoms with van der Waals surface area (Å²) in [6.45, 7) is 0.830. The molecular formula is C12H22N2O8S2. The molecule has 1 aliphatic rings. The SMILES string of the molecule is CCS(=O)(=O)CC(=O)N1CCOC(CN(CC(=O)O)S(C)(=O)=O)C1. The van der Waals surface area contributed by atoms with E-state index in [1.807, 2.05) is 0 Å². The van der Waals surface area contributed by atoms with Gasteiger partial charge in [-0.1, -0.05) is 6.92 Å². The molecule has 0 spiro atoms. The molecule has 0 saturated carbocycles. The lowest BCUT2D eigenvalue weighted by molar-refractivity contribution is -0.140. The van der Waals surface area contributed by atoms with Crippen LogP contribution in [0.4, 0.5) is 0 Å². The topological polar surface area (TPSA) is 138 Å². The molecule has 0 bridgehead atoms. The Labute approximate surface area is 141 Å². The van der Waals surface area contributed by atoms with Crippen molar-refractivity contribution in [3.63, 3.8) is 0 Å². The summed E-state index contributed by atoms with van der Waals surface area (Å²) >= 11 is 0. The number of carboxylic acids is 1. The third kappa shape index (κ3) is 6.71. The predicted octanol–water partition coefficient (Wildman–Crippen LogP) is -2.01. The fourth-order valence-electron chi connectivity index (χ4n) is 2.13. The molecule has 1 N–H and O–H groups in total. The van der Waals surface area contributed by atoms with E-state index in [9.17, 15) is 26.4 Å². The number of amides is 1. The van der Waals surface area contributed by atoms with Crippen LogP contribution in [0.5, 0.6) is 0 Å². The number of aliphatic carboxylic acids is 1. The largest absolute Gasteiger partial charge is 0.480 e. The van der Waals surface area contributed by atoms with Crippen LogP contribution in [0, 0.1) is 0 Å². The monoisotopic (exact) mass is 386 g/mol. The molecule has 0 aromatic carbocycles. The molecule has 1 rings (SSSR count). The maximum Gasteiger partial charge on any atom is 0.318 e. The number of rotatable bonds is 8. The number of hydrogen-bond acceptors (Lipinski definition) is 7. The van der Waals surface area contributed by atoms with Gasteiger partial charge in [0.15, 0.2) is 9.84 Å². The van der Waals surface area contributed by atoms with Gasteiger partial charge in [0.25, 0.3) is 0 Å². The number of sulfone groups is 1. The maximum atomic E-state index is 12.0. The second-order valence-electron chi connectivity index (χ2n) is 5.46. The molecule has 0 aromatic heterocycles. The molecule has 1 aliphatic heterocycles. The molecule has 0 aliphatic carbocycles. The van der Waals surface area contributed by atoms with Gasteiger partial charge in [0.1, 0.15) is 12.3 Å². The lowest BCUT2D eigenvalue weighted by Crippen LogP contribution is -2.52. The maximum absolute atomic E-state index is 12.0. The molecule has 24 heavy (non-hydrogen) atoms. The summed E-state index contributed by atoms with van der Waals surface area (Å²) in [5, 5.41) is 8.79. The molecule has 1 fully saturated rings. The number of hydrogen-bond donors (Lipinski definition) is 1. The minimum absolute atomic E-state index is 0.00368. The lowest BCUT2D eigenvalue weighted by Gasteiger charge is -2.34. The van der Waals surface area contributed by atoms with Crippen molar-refractivity contribution in [2.24, 2.45) is 0 Å². The summed E-state index contributed by atoms with van der Waals surface area (Å²) < 4.78 is 52.5. The molecule has 0 aromatic rings. The Hall–Kier alpha value is -1.24. The number of nitrogens with zero attached hydrogens (tertiary/aromatic N) is 2. The van der Waals surface area contributed by atoms with Gasteiger partial charge in [0, 0.05) is 25.4 Å². The third-order valence-corrected chi connectivity index (χ3v) is 6.25. The summed E-state index contributed by atoms with van der Waals surface area (Å²) in [7, 11) is -7.22. The van der Waals surface area contributed by atoms with Gasteiger partial charge < -0.3 is 14.7 Å². The van der Waals surface area contributed by atoms with Gasteiger partial charge in [-0.15, -0.1) is 0 Å². The van der Waals surface area contributed by atoms with E-state index < -0.39 is 50.1 Å². The Bertz CT molecular complexity index is 673. The van der Waals surface area contributed by atoms with Crippen molar-refractivity contribution in [2.75, 3.05) is 50.5 Å². The van der Waals surface area contributed by atoms with Crippen molar-refractivity contribution in [1.82, 2.24) is 9.21 Å². The number of ether oxygens (including phenoxy) is 1. The lowest BCUT2D eigenvalue weighted by atomic mass is 10.2. The summed E-state index contributed by atoms with van der Waals surface area (Å²) in [5.41, 5.74) is 0. The zero-order chi connectivity index (χ0) is 18.5. The van der Waals surface area contributed by atoms with Gasteiger partial charge in [-0.3, -0.25) is 9.59 Å². The minimum atomic E-state index is -3.76. The zero-order valence-electron chi connectivity index (χ0n) is 13.5. The van der Waals surface area contributed by atoms with Gasteiger partial charge in [-0.2, -0.15) is 4.31 Å². The molecule has 12 heteroatoms. The summed E-state index contributed by atoms with van der Waals surface area (Å²) in [5.74, 6) is -2.64. The minimum Gasteiger partial charge on any atom is -0.480 e. The van der Waals surface area contributed by atoms with Gasteiger partial charge in [-0.05, 0) is 0 Å². The van der Waals surface area contributed by atoms with Crippen LogP contribution >= 0.6 is 0 Å². The van der Waals surface area contributed by atoms with E-state index in [1.54, 1.807) is 0 Å². The molecule has 10 nitrogen and oxygen atoms in total. The summed E-state index contributed by atoms with van der Waals surface area (Å²) in [4.78, 5) is 24.1. The first-order valence-corrected chi connectivity index (χ1v) is 10.9. The van der Waals surface area contributed by atoms with Gasteiger partial charge >= 0.3 is 5.97 Å². The van der Waals surface area contributed by atoms with Crippen molar-refractivity contribution in [3.05, 3.63) is 0 Å². The highest BCUT2D eigenvalue weighted by Gasteiger charge is 2.30. The first-order chi connectivity index (χ1) is 10.9. The number of sulfonamides is 1. The van der Waals surface area contributed by atoms with Gasteiger partial charge in [0.05, 0.1) is 19.0 Å². The van der Waals surface area contributed by atoms with Crippen LogP contribution in [-0.4, -0.2) is 99.7 Å².